The summed E-state index contributed by atoms with van der Waals surface area (Å²) in [4.78, 5) is 15.0. The number of rotatable bonds is 3. The number of aromatic nitrogens is 3. The maximum Gasteiger partial charge on any atom is 0.280 e. The number of alkyl halides is 2. The standard InChI is InChI=1S/C14H8F3N3O2/c15-8-3-1-7(2-4-8)10-5-11(12(16)17)20-13(19-10)9(6-18-20)14(21)22/h1-6,12H,(H,21,22)/p-1. The Labute approximate surface area is 121 Å². The van der Waals surface area contributed by atoms with Crippen LogP contribution in [-0.2, 0) is 0 Å². The Morgan fingerprint density at radius 1 is 1.23 bits per heavy atom. The molecule has 3 rings (SSSR count). The molecule has 0 aliphatic rings. The Morgan fingerprint density at radius 2 is 1.91 bits per heavy atom. The molecule has 22 heavy (non-hydrogen) atoms. The zero-order valence-corrected chi connectivity index (χ0v) is 10.8. The lowest BCUT2D eigenvalue weighted by molar-refractivity contribution is -0.254. The van der Waals surface area contributed by atoms with Crippen LogP contribution in [0.15, 0.2) is 36.5 Å². The third kappa shape index (κ3) is 2.28. The lowest BCUT2D eigenvalue weighted by Crippen LogP contribution is -2.22. The van der Waals surface area contributed by atoms with Crippen molar-refractivity contribution < 1.29 is 23.1 Å². The molecule has 0 atom stereocenters. The van der Waals surface area contributed by atoms with Gasteiger partial charge in [0, 0.05) is 5.56 Å². The maximum absolute atomic E-state index is 13.2. The largest absolute Gasteiger partial charge is 0.545 e. The van der Waals surface area contributed by atoms with Crippen LogP contribution in [0.25, 0.3) is 16.9 Å². The molecule has 0 unspecified atom stereocenters. The molecule has 0 fully saturated rings. The van der Waals surface area contributed by atoms with Crippen molar-refractivity contribution in [2.75, 3.05) is 0 Å². The summed E-state index contributed by atoms with van der Waals surface area (Å²) in [7, 11) is 0. The minimum absolute atomic E-state index is 0.0887. The van der Waals surface area contributed by atoms with Gasteiger partial charge in [0.1, 0.15) is 11.5 Å². The highest BCUT2D eigenvalue weighted by Gasteiger charge is 2.18. The van der Waals surface area contributed by atoms with E-state index in [1.165, 1.54) is 12.1 Å². The number of carbonyl (C=O) groups is 1. The summed E-state index contributed by atoms with van der Waals surface area (Å²) in [6.07, 6.45) is -1.99. The molecule has 3 aromatic rings. The zero-order chi connectivity index (χ0) is 15.9. The van der Waals surface area contributed by atoms with Crippen LogP contribution in [0, 0.1) is 5.82 Å². The quantitative estimate of drug-likeness (QED) is 0.740. The van der Waals surface area contributed by atoms with Gasteiger partial charge < -0.3 is 9.90 Å². The van der Waals surface area contributed by atoms with Crippen LogP contribution in [0.2, 0.25) is 0 Å². The van der Waals surface area contributed by atoms with Gasteiger partial charge in [0.15, 0.2) is 5.65 Å². The molecular formula is C14H7F3N3O2-. The number of nitrogens with zero attached hydrogens (tertiary/aromatic N) is 3. The Bertz CT molecular complexity index is 860. The number of halogens is 3. The summed E-state index contributed by atoms with van der Waals surface area (Å²) in [5.41, 5.74) is -0.707. The molecule has 1 aromatic carbocycles. The van der Waals surface area contributed by atoms with Crippen LogP contribution in [0.3, 0.4) is 0 Å². The molecule has 0 aliphatic carbocycles. The van der Waals surface area contributed by atoms with E-state index in [1.54, 1.807) is 0 Å². The van der Waals surface area contributed by atoms with Crippen LogP contribution >= 0.6 is 0 Å². The van der Waals surface area contributed by atoms with Gasteiger partial charge in [-0.15, -0.1) is 0 Å². The van der Waals surface area contributed by atoms with Crippen LogP contribution in [-0.4, -0.2) is 20.6 Å². The smallest absolute Gasteiger partial charge is 0.280 e. The van der Waals surface area contributed by atoms with E-state index in [-0.39, 0.29) is 11.3 Å². The average Bonchev–Trinajstić information content (AvgIpc) is 2.90. The summed E-state index contributed by atoms with van der Waals surface area (Å²) in [6, 6.07) is 6.10. The van der Waals surface area contributed by atoms with Crippen LogP contribution in [0.5, 0.6) is 0 Å². The van der Waals surface area contributed by atoms with Gasteiger partial charge in [0.05, 0.1) is 23.4 Å². The fourth-order valence-corrected chi connectivity index (χ4v) is 2.05. The first-order valence-electron chi connectivity index (χ1n) is 6.11. The molecule has 0 bridgehead atoms. The highest BCUT2D eigenvalue weighted by atomic mass is 19.3. The van der Waals surface area contributed by atoms with Crippen molar-refractivity contribution >= 4 is 11.6 Å². The van der Waals surface area contributed by atoms with Gasteiger partial charge in [-0.25, -0.2) is 22.7 Å². The Morgan fingerprint density at radius 3 is 2.50 bits per heavy atom. The predicted molar refractivity (Wildman–Crippen MR) is 67.7 cm³/mol. The Kier molecular flexibility index (Phi) is 3.28. The highest BCUT2D eigenvalue weighted by Crippen LogP contribution is 2.26. The van der Waals surface area contributed by atoms with Crippen molar-refractivity contribution in [2.45, 2.75) is 6.43 Å². The van der Waals surface area contributed by atoms with Crippen molar-refractivity contribution in [3.05, 3.63) is 53.6 Å². The molecule has 0 amide bonds. The first-order chi connectivity index (χ1) is 10.5. The highest BCUT2D eigenvalue weighted by molar-refractivity contribution is 5.93. The van der Waals surface area contributed by atoms with E-state index in [1.807, 2.05) is 0 Å². The first-order valence-corrected chi connectivity index (χ1v) is 6.11. The van der Waals surface area contributed by atoms with Gasteiger partial charge in [0.25, 0.3) is 6.43 Å². The molecule has 0 saturated carbocycles. The fraction of sp³-hybridized carbons (Fsp3) is 0.0714. The number of carboxylic acid groups (broad SMARTS) is 1. The third-order valence-corrected chi connectivity index (χ3v) is 3.08. The normalized spacial score (nSPS) is 11.3. The average molecular weight is 306 g/mol. The minimum Gasteiger partial charge on any atom is -0.545 e. The molecule has 2 heterocycles. The molecule has 0 N–H and O–H groups in total. The molecule has 5 nitrogen and oxygen atoms in total. The van der Waals surface area contributed by atoms with E-state index >= 15 is 0 Å². The molecule has 0 saturated heterocycles. The van der Waals surface area contributed by atoms with Gasteiger partial charge in [-0.1, -0.05) is 0 Å². The van der Waals surface area contributed by atoms with E-state index in [0.717, 1.165) is 28.9 Å². The monoisotopic (exact) mass is 306 g/mol. The van der Waals surface area contributed by atoms with Crippen molar-refractivity contribution in [3.8, 4) is 11.3 Å². The Balaban J connectivity index is 2.29. The predicted octanol–water partition coefficient (Wildman–Crippen LogP) is 1.84. The molecule has 0 spiro atoms. The molecule has 0 radical (unpaired) electrons. The number of benzene rings is 1. The second-order valence-corrected chi connectivity index (χ2v) is 4.45. The number of hydrogen-bond acceptors (Lipinski definition) is 4. The van der Waals surface area contributed by atoms with Crippen LogP contribution in [0.1, 0.15) is 22.5 Å². The van der Waals surface area contributed by atoms with Crippen molar-refractivity contribution in [3.63, 3.8) is 0 Å². The molecule has 8 heteroatoms. The molecular weight excluding hydrogens is 299 g/mol. The second kappa shape index (κ2) is 5.14. The van der Waals surface area contributed by atoms with Gasteiger partial charge >= 0.3 is 0 Å². The first kappa shape index (κ1) is 14.1. The lowest BCUT2D eigenvalue weighted by Gasteiger charge is -2.08. The number of carbonyl (C=O) groups excluding carboxylic acids is 1. The topological polar surface area (TPSA) is 70.3 Å². The maximum atomic E-state index is 13.2. The third-order valence-electron chi connectivity index (χ3n) is 3.08. The van der Waals surface area contributed by atoms with Crippen molar-refractivity contribution in [1.29, 1.82) is 0 Å². The van der Waals surface area contributed by atoms with Gasteiger partial charge in [0.2, 0.25) is 0 Å². The van der Waals surface area contributed by atoms with Crippen LogP contribution < -0.4 is 5.11 Å². The van der Waals surface area contributed by atoms with E-state index in [4.69, 9.17) is 0 Å². The van der Waals surface area contributed by atoms with E-state index in [9.17, 15) is 23.1 Å². The number of fused-ring (bicyclic) bond motifs is 1. The van der Waals surface area contributed by atoms with Crippen LogP contribution in [0.4, 0.5) is 13.2 Å². The summed E-state index contributed by atoms with van der Waals surface area (Å²) >= 11 is 0. The fourth-order valence-electron chi connectivity index (χ4n) is 2.05. The van der Waals surface area contributed by atoms with E-state index < -0.39 is 29.5 Å². The summed E-state index contributed by atoms with van der Waals surface area (Å²) in [6.45, 7) is 0. The van der Waals surface area contributed by atoms with Gasteiger partial charge in [-0.2, -0.15) is 5.10 Å². The summed E-state index contributed by atoms with van der Waals surface area (Å²) < 4.78 is 40.0. The van der Waals surface area contributed by atoms with E-state index in [0.29, 0.717) is 5.56 Å². The summed E-state index contributed by atoms with van der Waals surface area (Å²) in [5, 5.41) is 14.6. The lowest BCUT2D eigenvalue weighted by atomic mass is 10.1. The number of aromatic carboxylic acids is 1. The molecule has 0 aliphatic heterocycles. The summed E-state index contributed by atoms with van der Waals surface area (Å²) in [5.74, 6) is -2.06. The SMILES string of the molecule is O=C([O-])c1cnn2c(C(F)F)cc(-c3ccc(F)cc3)nc12. The van der Waals surface area contributed by atoms with Gasteiger partial charge in [-0.3, -0.25) is 0 Å². The zero-order valence-electron chi connectivity index (χ0n) is 10.8. The minimum atomic E-state index is -2.89. The second-order valence-electron chi connectivity index (χ2n) is 4.45. The van der Waals surface area contributed by atoms with E-state index in [2.05, 4.69) is 10.1 Å². The van der Waals surface area contributed by atoms with Crippen molar-refractivity contribution in [1.82, 2.24) is 14.6 Å². The van der Waals surface area contributed by atoms with Crippen molar-refractivity contribution in [2.24, 2.45) is 0 Å². The number of hydrogen-bond donors (Lipinski definition) is 0. The van der Waals surface area contributed by atoms with Gasteiger partial charge in [-0.05, 0) is 30.3 Å². The molecule has 2 aromatic heterocycles. The Hall–Kier alpha value is -2.90. The molecule has 112 valence electrons. The number of carboxylic acids is 1.